The van der Waals surface area contributed by atoms with Gasteiger partial charge in [0.25, 0.3) is 0 Å². The normalized spacial score (nSPS) is 13.3. The minimum Gasteiger partial charge on any atom is -0.477 e. The number of allylic oxidation sites excluding steroid dienone is 2. The molecule has 0 saturated carbocycles. The Kier molecular flexibility index (Phi) is 11.1. The second kappa shape index (κ2) is 14.8. The van der Waals surface area contributed by atoms with Crippen molar-refractivity contribution >= 4 is 5.78 Å². The number of aromatic nitrogens is 2. The summed E-state index contributed by atoms with van der Waals surface area (Å²) in [6, 6.07) is 17.1. The van der Waals surface area contributed by atoms with Gasteiger partial charge in [0.2, 0.25) is 5.88 Å². The van der Waals surface area contributed by atoms with Crippen molar-refractivity contribution in [3.8, 4) is 17.1 Å². The number of methoxy groups -OCH3 is 2. The lowest BCUT2D eigenvalue weighted by molar-refractivity contribution is 0.0148. The molecule has 1 aromatic carbocycles. The van der Waals surface area contributed by atoms with Gasteiger partial charge in [0.1, 0.15) is 12.2 Å². The van der Waals surface area contributed by atoms with Gasteiger partial charge in [0.15, 0.2) is 5.78 Å². The number of carbonyl (C=O) groups is 1. The standard InChI is InChI=1S/C32H36N2O4/c1-6-30(36-4)31(37-5)21-24(3)17-19-38-32-15-9-13-28(34-32)25-10-7-11-26(22-25)29(35)14-8-12-27-20-23(2)16-18-33-27/h6-11,13-16,18,20-22,30-31H,1,12,17,19H2,2-5H3/b14-8+,24-21+. The van der Waals surface area contributed by atoms with E-state index >= 15 is 0 Å². The average Bonchev–Trinajstić information content (AvgIpc) is 2.93. The van der Waals surface area contributed by atoms with Gasteiger partial charge >= 0.3 is 0 Å². The maximum absolute atomic E-state index is 12.8. The van der Waals surface area contributed by atoms with Gasteiger partial charge in [0.05, 0.1) is 12.3 Å². The van der Waals surface area contributed by atoms with Crippen LogP contribution in [0.3, 0.4) is 0 Å². The molecule has 2 aromatic heterocycles. The van der Waals surface area contributed by atoms with Crippen LogP contribution < -0.4 is 4.74 Å². The van der Waals surface area contributed by atoms with Crippen LogP contribution in [0, 0.1) is 6.92 Å². The van der Waals surface area contributed by atoms with Crippen LogP contribution in [0.4, 0.5) is 0 Å². The van der Waals surface area contributed by atoms with Crippen LogP contribution in [0.5, 0.6) is 5.88 Å². The number of hydrogen-bond donors (Lipinski definition) is 0. The molecular formula is C32H36N2O4. The van der Waals surface area contributed by atoms with Gasteiger partial charge in [-0.2, -0.15) is 0 Å². The Hall–Kier alpha value is -3.87. The highest BCUT2D eigenvalue weighted by molar-refractivity contribution is 6.05. The molecule has 0 saturated heterocycles. The predicted molar refractivity (Wildman–Crippen MR) is 151 cm³/mol. The maximum atomic E-state index is 12.8. The van der Waals surface area contributed by atoms with E-state index < -0.39 is 0 Å². The highest BCUT2D eigenvalue weighted by Crippen LogP contribution is 2.22. The molecule has 0 aliphatic heterocycles. The minimum atomic E-state index is -0.211. The zero-order chi connectivity index (χ0) is 27.3. The molecule has 38 heavy (non-hydrogen) atoms. The van der Waals surface area contributed by atoms with Gasteiger partial charge in [-0.1, -0.05) is 48.1 Å². The van der Waals surface area contributed by atoms with Crippen LogP contribution in [0.2, 0.25) is 0 Å². The van der Waals surface area contributed by atoms with Crippen LogP contribution in [0.15, 0.2) is 97.3 Å². The summed E-state index contributed by atoms with van der Waals surface area (Å²) in [5.41, 5.74) is 5.40. The summed E-state index contributed by atoms with van der Waals surface area (Å²) in [6.45, 7) is 8.32. The van der Waals surface area contributed by atoms with Crippen LogP contribution in [-0.4, -0.2) is 48.8 Å². The fourth-order valence-corrected chi connectivity index (χ4v) is 3.92. The number of nitrogens with zero attached hydrogens (tertiary/aromatic N) is 2. The molecule has 6 heteroatoms. The van der Waals surface area contributed by atoms with E-state index in [1.54, 1.807) is 32.6 Å². The summed E-state index contributed by atoms with van der Waals surface area (Å²) in [4.78, 5) is 21.7. The van der Waals surface area contributed by atoms with Gasteiger partial charge in [-0.15, -0.1) is 6.58 Å². The van der Waals surface area contributed by atoms with E-state index in [1.165, 1.54) is 0 Å². The molecule has 0 spiro atoms. The van der Waals surface area contributed by atoms with Crippen molar-refractivity contribution in [3.05, 3.63) is 114 Å². The zero-order valence-electron chi connectivity index (χ0n) is 22.6. The zero-order valence-corrected chi connectivity index (χ0v) is 22.6. The van der Waals surface area contributed by atoms with E-state index in [9.17, 15) is 4.79 Å². The number of ketones is 1. The molecule has 0 amide bonds. The van der Waals surface area contributed by atoms with Crippen molar-refractivity contribution in [2.45, 2.75) is 38.9 Å². The van der Waals surface area contributed by atoms with Crippen molar-refractivity contribution < 1.29 is 19.0 Å². The monoisotopic (exact) mass is 512 g/mol. The first kappa shape index (κ1) is 28.7. The van der Waals surface area contributed by atoms with Crippen LogP contribution >= 0.6 is 0 Å². The second-order valence-electron chi connectivity index (χ2n) is 8.98. The molecule has 0 radical (unpaired) electrons. The number of benzene rings is 1. The Balaban J connectivity index is 1.61. The van der Waals surface area contributed by atoms with Crippen LogP contribution in [-0.2, 0) is 15.9 Å². The molecule has 0 N–H and O–H groups in total. The Morgan fingerprint density at radius 1 is 1.05 bits per heavy atom. The number of aryl methyl sites for hydroxylation is 1. The average molecular weight is 513 g/mol. The number of pyridine rings is 2. The first-order valence-electron chi connectivity index (χ1n) is 12.6. The topological polar surface area (TPSA) is 70.5 Å². The molecule has 2 atom stereocenters. The smallest absolute Gasteiger partial charge is 0.213 e. The third-order valence-electron chi connectivity index (χ3n) is 6.03. The molecule has 2 heterocycles. The first-order chi connectivity index (χ1) is 18.4. The van der Waals surface area contributed by atoms with Crippen molar-refractivity contribution in [2.24, 2.45) is 0 Å². The summed E-state index contributed by atoms with van der Waals surface area (Å²) in [5.74, 6) is 0.470. The molecule has 198 valence electrons. The molecule has 3 rings (SSSR count). The third kappa shape index (κ3) is 8.61. The summed E-state index contributed by atoms with van der Waals surface area (Å²) in [5, 5.41) is 0. The summed E-state index contributed by atoms with van der Waals surface area (Å²) in [6.07, 6.45) is 9.89. The van der Waals surface area contributed by atoms with Gasteiger partial charge in [-0.05, 0) is 49.8 Å². The Bertz CT molecular complexity index is 1280. The van der Waals surface area contributed by atoms with Gasteiger partial charge in [-0.25, -0.2) is 4.98 Å². The number of carbonyl (C=O) groups excluding carboxylic acids is 1. The van der Waals surface area contributed by atoms with Crippen LogP contribution in [0.25, 0.3) is 11.3 Å². The van der Waals surface area contributed by atoms with Crippen molar-refractivity contribution in [1.29, 1.82) is 0 Å². The van der Waals surface area contributed by atoms with Crippen molar-refractivity contribution in [3.63, 3.8) is 0 Å². The fraction of sp³-hybridized carbons (Fsp3) is 0.281. The molecular weight excluding hydrogens is 476 g/mol. The highest BCUT2D eigenvalue weighted by Gasteiger charge is 2.15. The Morgan fingerprint density at radius 2 is 1.84 bits per heavy atom. The van der Waals surface area contributed by atoms with E-state index in [4.69, 9.17) is 14.2 Å². The molecule has 0 aliphatic carbocycles. The largest absolute Gasteiger partial charge is 0.477 e. The lowest BCUT2D eigenvalue weighted by Gasteiger charge is -2.19. The number of hydrogen-bond acceptors (Lipinski definition) is 6. The molecule has 6 nitrogen and oxygen atoms in total. The summed E-state index contributed by atoms with van der Waals surface area (Å²) < 4.78 is 16.8. The molecule has 3 aromatic rings. The molecule has 0 bridgehead atoms. The highest BCUT2D eigenvalue weighted by atomic mass is 16.5. The van der Waals surface area contributed by atoms with Crippen molar-refractivity contribution in [2.75, 3.05) is 20.8 Å². The van der Waals surface area contributed by atoms with E-state index in [1.807, 2.05) is 80.6 Å². The summed E-state index contributed by atoms with van der Waals surface area (Å²) in [7, 11) is 3.29. The van der Waals surface area contributed by atoms with Gasteiger partial charge < -0.3 is 14.2 Å². The quantitative estimate of drug-likeness (QED) is 0.142. The van der Waals surface area contributed by atoms with E-state index in [0.717, 1.165) is 28.1 Å². The van der Waals surface area contributed by atoms with E-state index in [-0.39, 0.29) is 18.0 Å². The molecule has 2 unspecified atom stereocenters. The molecule has 0 fully saturated rings. The maximum Gasteiger partial charge on any atom is 0.213 e. The van der Waals surface area contributed by atoms with Gasteiger partial charge in [0, 0.05) is 56.1 Å². The Labute approximate surface area is 225 Å². The second-order valence-corrected chi connectivity index (χ2v) is 8.98. The lowest BCUT2D eigenvalue weighted by atomic mass is 10.0. The van der Waals surface area contributed by atoms with E-state index in [0.29, 0.717) is 30.9 Å². The lowest BCUT2D eigenvalue weighted by Crippen LogP contribution is -2.26. The number of ether oxygens (including phenoxy) is 3. The number of rotatable bonds is 14. The third-order valence-corrected chi connectivity index (χ3v) is 6.03. The van der Waals surface area contributed by atoms with Crippen LogP contribution in [0.1, 0.15) is 35.0 Å². The SMILES string of the molecule is C=CC(OC)C(/C=C(\C)CCOc1cccc(-c2cccc(C(=O)/C=C/Cc3cc(C)ccn3)c2)n1)OC. The summed E-state index contributed by atoms with van der Waals surface area (Å²) >= 11 is 0. The Morgan fingerprint density at radius 3 is 2.58 bits per heavy atom. The van der Waals surface area contributed by atoms with Crippen molar-refractivity contribution in [1.82, 2.24) is 9.97 Å². The minimum absolute atomic E-state index is 0.0595. The fourth-order valence-electron chi connectivity index (χ4n) is 3.92. The van der Waals surface area contributed by atoms with E-state index in [2.05, 4.69) is 16.5 Å². The predicted octanol–water partition coefficient (Wildman–Crippen LogP) is 6.36. The first-order valence-corrected chi connectivity index (χ1v) is 12.6. The molecule has 0 aliphatic rings. The van der Waals surface area contributed by atoms with Gasteiger partial charge in [-0.3, -0.25) is 9.78 Å².